The molecule has 0 amide bonds. The van der Waals surface area contributed by atoms with Crippen LogP contribution in [0.4, 0.5) is 5.82 Å². The molecule has 2 aromatic heterocycles. The Labute approximate surface area is 147 Å². The Morgan fingerprint density at radius 1 is 1.04 bits per heavy atom. The Morgan fingerprint density at radius 3 is 2.52 bits per heavy atom. The van der Waals surface area contributed by atoms with E-state index in [-0.39, 0.29) is 18.3 Å². The fraction of sp³-hybridized carbons (Fsp3) is 0.235. The van der Waals surface area contributed by atoms with Crippen LogP contribution in [0.3, 0.4) is 0 Å². The van der Waals surface area contributed by atoms with E-state index in [9.17, 15) is 8.42 Å². The van der Waals surface area contributed by atoms with Gasteiger partial charge in [0.1, 0.15) is 6.61 Å². The molecule has 0 aliphatic heterocycles. The summed E-state index contributed by atoms with van der Waals surface area (Å²) in [6.07, 6.45) is 3.85. The molecule has 0 bridgehead atoms. The highest BCUT2D eigenvalue weighted by Gasteiger charge is 2.11. The van der Waals surface area contributed by atoms with Gasteiger partial charge in [0.05, 0.1) is 17.5 Å². The van der Waals surface area contributed by atoms with Gasteiger partial charge in [0.25, 0.3) is 5.88 Å². The molecule has 0 radical (unpaired) electrons. The maximum absolute atomic E-state index is 11.3. The molecule has 0 saturated carbocycles. The maximum Gasteiger partial charge on any atom is 0.258 e. The van der Waals surface area contributed by atoms with Gasteiger partial charge in [-0.05, 0) is 12.1 Å². The number of aromatic nitrogens is 3. The second-order valence-corrected chi connectivity index (χ2v) is 6.62. The molecule has 25 heavy (non-hydrogen) atoms. The Bertz CT molecular complexity index is 945. The standard InChI is InChI=1S/C15H14N4O3S.C2H6/c1-23(20,21)19-14-15(17-9-8-16-14)22-10-12-7-6-11-4-2-3-5-13(11)18-12;1-2/h2-9H,10H2,1H3,(H,16,19);1-2H3. The van der Waals surface area contributed by atoms with E-state index in [1.807, 2.05) is 50.2 Å². The highest BCUT2D eigenvalue weighted by Crippen LogP contribution is 2.20. The number of benzene rings is 1. The van der Waals surface area contributed by atoms with E-state index in [4.69, 9.17) is 4.74 Å². The van der Waals surface area contributed by atoms with Gasteiger partial charge in [0.2, 0.25) is 15.8 Å². The average Bonchev–Trinajstić information content (AvgIpc) is 2.61. The summed E-state index contributed by atoms with van der Waals surface area (Å²) in [4.78, 5) is 12.4. The number of hydrogen-bond acceptors (Lipinski definition) is 6. The van der Waals surface area contributed by atoms with Crippen LogP contribution in [-0.2, 0) is 16.6 Å². The Hall–Kier alpha value is -2.74. The number of hydrogen-bond donors (Lipinski definition) is 1. The first-order valence-corrected chi connectivity index (χ1v) is 9.67. The van der Waals surface area contributed by atoms with Crippen molar-refractivity contribution in [3.63, 3.8) is 0 Å². The summed E-state index contributed by atoms with van der Waals surface area (Å²) < 4.78 is 30.5. The second kappa shape index (κ2) is 8.39. The number of anilines is 1. The lowest BCUT2D eigenvalue weighted by molar-refractivity contribution is 0.290. The van der Waals surface area contributed by atoms with Crippen LogP contribution in [0.1, 0.15) is 19.5 Å². The second-order valence-electron chi connectivity index (χ2n) is 4.87. The van der Waals surface area contributed by atoms with Crippen molar-refractivity contribution in [2.45, 2.75) is 20.5 Å². The lowest BCUT2D eigenvalue weighted by atomic mass is 10.2. The molecule has 1 N–H and O–H groups in total. The predicted molar refractivity (Wildman–Crippen MR) is 97.9 cm³/mol. The van der Waals surface area contributed by atoms with Gasteiger partial charge in [-0.15, -0.1) is 0 Å². The summed E-state index contributed by atoms with van der Waals surface area (Å²) in [5.74, 6) is 0.156. The maximum atomic E-state index is 11.3. The molecular formula is C17H20N4O3S. The van der Waals surface area contributed by atoms with Crippen LogP contribution in [0, 0.1) is 0 Å². The third-order valence-electron chi connectivity index (χ3n) is 2.96. The summed E-state index contributed by atoms with van der Waals surface area (Å²) >= 11 is 0. The van der Waals surface area contributed by atoms with Crippen LogP contribution >= 0.6 is 0 Å². The normalized spacial score (nSPS) is 10.7. The van der Waals surface area contributed by atoms with Crippen LogP contribution < -0.4 is 9.46 Å². The molecular weight excluding hydrogens is 340 g/mol. The number of fused-ring (bicyclic) bond motifs is 1. The minimum atomic E-state index is -3.46. The van der Waals surface area contributed by atoms with E-state index in [1.54, 1.807) is 0 Å². The van der Waals surface area contributed by atoms with Crippen LogP contribution in [-0.4, -0.2) is 29.6 Å². The fourth-order valence-electron chi connectivity index (χ4n) is 2.01. The summed E-state index contributed by atoms with van der Waals surface area (Å²) in [5, 5.41) is 1.04. The number of sulfonamides is 1. The first-order valence-electron chi connectivity index (χ1n) is 7.77. The van der Waals surface area contributed by atoms with Crippen molar-refractivity contribution >= 4 is 26.7 Å². The van der Waals surface area contributed by atoms with E-state index >= 15 is 0 Å². The van der Waals surface area contributed by atoms with E-state index in [0.717, 1.165) is 17.2 Å². The van der Waals surface area contributed by atoms with Crippen molar-refractivity contribution in [2.24, 2.45) is 0 Å². The van der Waals surface area contributed by atoms with Gasteiger partial charge in [-0.2, -0.15) is 0 Å². The number of pyridine rings is 1. The molecule has 0 spiro atoms. The molecule has 3 rings (SSSR count). The molecule has 0 fully saturated rings. The van der Waals surface area contributed by atoms with Crippen LogP contribution in [0.25, 0.3) is 10.9 Å². The zero-order valence-electron chi connectivity index (χ0n) is 14.3. The molecule has 0 unspecified atom stereocenters. The lowest BCUT2D eigenvalue weighted by Gasteiger charge is -2.09. The summed E-state index contributed by atoms with van der Waals surface area (Å²) in [6, 6.07) is 11.6. The minimum absolute atomic E-state index is 0.0517. The Kier molecular flexibility index (Phi) is 6.24. The van der Waals surface area contributed by atoms with Gasteiger partial charge in [-0.1, -0.05) is 38.1 Å². The SMILES string of the molecule is CC.CS(=O)(=O)Nc1nccnc1OCc1ccc2ccccc2n1. The van der Waals surface area contributed by atoms with Gasteiger partial charge >= 0.3 is 0 Å². The number of rotatable bonds is 5. The first-order chi connectivity index (χ1) is 12.0. The zero-order valence-corrected chi connectivity index (χ0v) is 15.1. The topological polar surface area (TPSA) is 94.1 Å². The molecule has 7 nitrogen and oxygen atoms in total. The average molecular weight is 360 g/mol. The summed E-state index contributed by atoms with van der Waals surface area (Å²) in [7, 11) is -3.46. The molecule has 1 aromatic carbocycles. The number of para-hydroxylation sites is 1. The van der Waals surface area contributed by atoms with Crippen molar-refractivity contribution in [1.82, 2.24) is 15.0 Å². The van der Waals surface area contributed by atoms with Crippen molar-refractivity contribution in [1.29, 1.82) is 0 Å². The van der Waals surface area contributed by atoms with Crippen molar-refractivity contribution < 1.29 is 13.2 Å². The summed E-state index contributed by atoms with van der Waals surface area (Å²) in [5.41, 5.74) is 1.57. The molecule has 0 saturated heterocycles. The van der Waals surface area contributed by atoms with Crippen molar-refractivity contribution in [3.8, 4) is 5.88 Å². The van der Waals surface area contributed by atoms with Gasteiger partial charge in [0, 0.05) is 17.8 Å². The highest BCUT2D eigenvalue weighted by molar-refractivity contribution is 7.92. The van der Waals surface area contributed by atoms with Crippen LogP contribution in [0.5, 0.6) is 5.88 Å². The molecule has 2 heterocycles. The molecule has 3 aromatic rings. The van der Waals surface area contributed by atoms with Crippen LogP contribution in [0.15, 0.2) is 48.8 Å². The predicted octanol–water partition coefficient (Wildman–Crippen LogP) is 3.00. The number of nitrogens with one attached hydrogen (secondary N) is 1. The fourth-order valence-corrected chi connectivity index (χ4v) is 2.50. The van der Waals surface area contributed by atoms with E-state index in [1.165, 1.54) is 12.4 Å². The van der Waals surface area contributed by atoms with Crippen molar-refractivity contribution in [2.75, 3.05) is 11.0 Å². The highest BCUT2D eigenvalue weighted by atomic mass is 32.2. The zero-order chi connectivity index (χ0) is 18.3. The van der Waals surface area contributed by atoms with Gasteiger partial charge in [-0.25, -0.2) is 23.4 Å². The third kappa shape index (κ3) is 5.39. The van der Waals surface area contributed by atoms with Gasteiger partial charge in [0.15, 0.2) is 0 Å². The summed E-state index contributed by atoms with van der Waals surface area (Å²) in [6.45, 7) is 4.15. The Balaban J connectivity index is 0.00000109. The lowest BCUT2D eigenvalue weighted by Crippen LogP contribution is -2.13. The number of nitrogens with zero attached hydrogens (tertiary/aromatic N) is 3. The molecule has 0 aliphatic rings. The van der Waals surface area contributed by atoms with E-state index in [0.29, 0.717) is 5.69 Å². The molecule has 8 heteroatoms. The van der Waals surface area contributed by atoms with Gasteiger partial charge in [-0.3, -0.25) is 4.72 Å². The quantitative estimate of drug-likeness (QED) is 0.752. The first kappa shape index (κ1) is 18.6. The third-order valence-corrected chi connectivity index (χ3v) is 3.52. The smallest absolute Gasteiger partial charge is 0.258 e. The largest absolute Gasteiger partial charge is 0.469 e. The van der Waals surface area contributed by atoms with E-state index in [2.05, 4.69) is 19.7 Å². The number of ether oxygens (including phenoxy) is 1. The minimum Gasteiger partial charge on any atom is -0.469 e. The van der Waals surface area contributed by atoms with Crippen molar-refractivity contribution in [3.05, 3.63) is 54.5 Å². The molecule has 0 aliphatic carbocycles. The Morgan fingerprint density at radius 2 is 1.76 bits per heavy atom. The molecule has 132 valence electrons. The molecule has 0 atom stereocenters. The monoisotopic (exact) mass is 360 g/mol. The van der Waals surface area contributed by atoms with Crippen LogP contribution in [0.2, 0.25) is 0 Å². The van der Waals surface area contributed by atoms with Gasteiger partial charge < -0.3 is 4.74 Å². The van der Waals surface area contributed by atoms with E-state index < -0.39 is 10.0 Å².